The van der Waals surface area contributed by atoms with Crippen LogP contribution in [0.4, 0.5) is 5.69 Å². The van der Waals surface area contributed by atoms with Crippen LogP contribution in [0, 0.1) is 25.7 Å². The van der Waals surface area contributed by atoms with Crippen molar-refractivity contribution in [1.29, 1.82) is 0 Å². The fourth-order valence-corrected chi connectivity index (χ4v) is 6.07. The van der Waals surface area contributed by atoms with Crippen molar-refractivity contribution in [2.24, 2.45) is 17.6 Å². The number of nitrogens with one attached hydrogen (secondary N) is 3. The number of carbonyl (C=O) groups excluding carboxylic acids is 3. The van der Waals surface area contributed by atoms with Crippen LogP contribution in [0.25, 0.3) is 22.5 Å². The van der Waals surface area contributed by atoms with Gasteiger partial charge in [0.05, 0.1) is 0 Å². The second-order valence-corrected chi connectivity index (χ2v) is 12.4. The molecule has 1 fully saturated rings. The standard InChI is InChI=1S/C35H42N8O3/c1-21-17-22(2)30(35(46)43(3)4)19-29(21)25-9-5-23(6-10-25)18-31(38-33(44)27-11-7-24(20-36)8-12-27)34(45)37-28-15-13-26(14-16-28)32-39-41-42-40-32/h5-6,9-10,13-17,19,24,27,31H,7-8,11-12,18,20,36H2,1-4H3,(H,37,45)(H,38,44)(H,39,40,41,42)/t24?,27?,31-/m0/s1. The molecular weight excluding hydrogens is 580 g/mol. The monoisotopic (exact) mass is 622 g/mol. The molecule has 11 nitrogen and oxygen atoms in total. The number of rotatable bonds is 10. The highest BCUT2D eigenvalue weighted by Crippen LogP contribution is 2.30. The Balaban J connectivity index is 1.34. The summed E-state index contributed by atoms with van der Waals surface area (Å²) >= 11 is 0. The first-order chi connectivity index (χ1) is 22.1. The highest BCUT2D eigenvalue weighted by Gasteiger charge is 2.29. The Labute approximate surface area is 269 Å². The van der Waals surface area contributed by atoms with Crippen LogP contribution in [0.5, 0.6) is 0 Å². The van der Waals surface area contributed by atoms with Crippen LogP contribution in [0.15, 0.2) is 60.7 Å². The van der Waals surface area contributed by atoms with Gasteiger partial charge in [-0.3, -0.25) is 14.4 Å². The minimum absolute atomic E-state index is 0.0408. The topological polar surface area (TPSA) is 159 Å². The van der Waals surface area contributed by atoms with Gasteiger partial charge in [-0.25, -0.2) is 0 Å². The number of hydrogen-bond donors (Lipinski definition) is 4. The number of amides is 3. The Hall–Kier alpha value is -4.90. The van der Waals surface area contributed by atoms with E-state index in [1.807, 2.05) is 50.2 Å². The first kappa shape index (κ1) is 32.5. The maximum absolute atomic E-state index is 13.7. The first-order valence-corrected chi connectivity index (χ1v) is 15.7. The van der Waals surface area contributed by atoms with Crippen LogP contribution in [0.1, 0.15) is 52.7 Å². The lowest BCUT2D eigenvalue weighted by molar-refractivity contribution is -0.130. The van der Waals surface area contributed by atoms with Crippen molar-refractivity contribution in [3.63, 3.8) is 0 Å². The van der Waals surface area contributed by atoms with Gasteiger partial charge in [0.25, 0.3) is 5.91 Å². The summed E-state index contributed by atoms with van der Waals surface area (Å²) in [4.78, 5) is 41.4. The van der Waals surface area contributed by atoms with Crippen molar-refractivity contribution in [1.82, 2.24) is 30.8 Å². The van der Waals surface area contributed by atoms with Crippen molar-refractivity contribution in [3.8, 4) is 22.5 Å². The molecule has 0 spiro atoms. The van der Waals surface area contributed by atoms with Gasteiger partial charge in [-0.05, 0) is 115 Å². The van der Waals surface area contributed by atoms with Crippen molar-refractivity contribution < 1.29 is 14.4 Å². The second kappa shape index (κ2) is 14.5. The van der Waals surface area contributed by atoms with Gasteiger partial charge < -0.3 is 21.3 Å². The third kappa shape index (κ3) is 7.66. The molecule has 240 valence electrons. The summed E-state index contributed by atoms with van der Waals surface area (Å²) in [7, 11) is 3.50. The van der Waals surface area contributed by atoms with E-state index in [-0.39, 0.29) is 23.6 Å². The molecule has 46 heavy (non-hydrogen) atoms. The van der Waals surface area contributed by atoms with Gasteiger partial charge in [0.1, 0.15) is 6.04 Å². The van der Waals surface area contributed by atoms with Crippen molar-refractivity contribution >= 4 is 23.4 Å². The Morgan fingerprint density at radius 1 is 0.935 bits per heavy atom. The number of nitrogens with zero attached hydrogens (tertiary/aromatic N) is 4. The number of aromatic amines is 1. The average Bonchev–Trinajstić information content (AvgIpc) is 3.60. The molecule has 5 rings (SSSR count). The number of benzene rings is 3. The van der Waals surface area contributed by atoms with E-state index in [1.165, 1.54) is 0 Å². The fourth-order valence-electron chi connectivity index (χ4n) is 6.07. The molecule has 1 atom stereocenters. The summed E-state index contributed by atoms with van der Waals surface area (Å²) in [5.41, 5.74) is 12.7. The Morgan fingerprint density at radius 3 is 2.22 bits per heavy atom. The van der Waals surface area contributed by atoms with Crippen LogP contribution in [0.2, 0.25) is 0 Å². The SMILES string of the molecule is Cc1cc(C)c(-c2ccc(C[C@H](NC(=O)C3CCC(CN)CC3)C(=O)Nc3ccc(-c4nn[nH]n4)cc3)cc2)cc1C(=O)N(C)C. The number of anilines is 1. The van der Waals surface area contributed by atoms with E-state index in [0.717, 1.165) is 59.1 Å². The average molecular weight is 623 g/mol. The van der Waals surface area contributed by atoms with E-state index in [1.54, 1.807) is 43.3 Å². The fraction of sp³-hybridized carbons (Fsp3) is 0.371. The molecule has 1 aliphatic rings. The highest BCUT2D eigenvalue weighted by atomic mass is 16.2. The summed E-state index contributed by atoms with van der Waals surface area (Å²) in [5, 5.41) is 20.0. The largest absolute Gasteiger partial charge is 0.345 e. The van der Waals surface area contributed by atoms with Gasteiger partial charge in [0.2, 0.25) is 17.6 Å². The Morgan fingerprint density at radius 2 is 1.61 bits per heavy atom. The second-order valence-electron chi connectivity index (χ2n) is 12.4. The first-order valence-electron chi connectivity index (χ1n) is 15.7. The van der Waals surface area contributed by atoms with Gasteiger partial charge in [-0.2, -0.15) is 5.21 Å². The van der Waals surface area contributed by atoms with Gasteiger partial charge in [-0.1, -0.05) is 30.3 Å². The van der Waals surface area contributed by atoms with Gasteiger partial charge >= 0.3 is 0 Å². The number of nitrogens with two attached hydrogens (primary N) is 1. The Bertz CT molecular complexity index is 1660. The molecule has 1 aromatic heterocycles. The lowest BCUT2D eigenvalue weighted by atomic mass is 9.81. The van der Waals surface area contributed by atoms with Crippen molar-refractivity contribution in [3.05, 3.63) is 82.9 Å². The van der Waals surface area contributed by atoms with Gasteiger partial charge in [0.15, 0.2) is 0 Å². The third-order valence-electron chi connectivity index (χ3n) is 8.85. The summed E-state index contributed by atoms with van der Waals surface area (Å²) in [6.07, 6.45) is 3.68. The minimum atomic E-state index is -0.784. The molecule has 0 unspecified atom stereocenters. The number of carbonyl (C=O) groups is 3. The minimum Gasteiger partial charge on any atom is -0.345 e. The number of aryl methyl sites for hydroxylation is 2. The van der Waals surface area contributed by atoms with Crippen LogP contribution in [-0.4, -0.2) is 69.9 Å². The number of aromatic nitrogens is 4. The molecule has 11 heteroatoms. The van der Waals surface area contributed by atoms with E-state index >= 15 is 0 Å². The molecule has 0 aliphatic heterocycles. The zero-order valence-electron chi connectivity index (χ0n) is 26.8. The Kier molecular flexibility index (Phi) is 10.2. The molecule has 1 aliphatic carbocycles. The summed E-state index contributed by atoms with van der Waals surface area (Å²) in [6.45, 7) is 4.62. The van der Waals surface area contributed by atoms with Crippen LogP contribution < -0.4 is 16.4 Å². The van der Waals surface area contributed by atoms with E-state index in [2.05, 4.69) is 31.3 Å². The maximum Gasteiger partial charge on any atom is 0.253 e. The molecule has 3 aromatic carbocycles. The van der Waals surface area contributed by atoms with E-state index in [0.29, 0.717) is 36.0 Å². The van der Waals surface area contributed by atoms with Crippen molar-refractivity contribution in [2.75, 3.05) is 26.0 Å². The van der Waals surface area contributed by atoms with Crippen molar-refractivity contribution in [2.45, 2.75) is 52.0 Å². The molecule has 0 saturated heterocycles. The van der Waals surface area contributed by atoms with E-state index < -0.39 is 6.04 Å². The highest BCUT2D eigenvalue weighted by molar-refractivity contribution is 5.98. The normalized spacial score (nSPS) is 16.8. The van der Waals surface area contributed by atoms with Crippen LogP contribution >= 0.6 is 0 Å². The molecule has 4 aromatic rings. The lowest BCUT2D eigenvalue weighted by Gasteiger charge is -2.28. The van der Waals surface area contributed by atoms with Crippen LogP contribution in [-0.2, 0) is 16.0 Å². The molecule has 1 heterocycles. The van der Waals surface area contributed by atoms with E-state index in [4.69, 9.17) is 5.73 Å². The quantitative estimate of drug-likeness (QED) is 0.205. The van der Waals surface area contributed by atoms with Gasteiger partial charge in [-0.15, -0.1) is 10.2 Å². The van der Waals surface area contributed by atoms with Gasteiger partial charge in [0, 0.05) is 43.2 Å². The third-order valence-corrected chi connectivity index (χ3v) is 8.85. The molecule has 1 saturated carbocycles. The number of tetrazole rings is 1. The van der Waals surface area contributed by atoms with Crippen LogP contribution in [0.3, 0.4) is 0 Å². The zero-order chi connectivity index (χ0) is 32.8. The molecule has 0 radical (unpaired) electrons. The summed E-state index contributed by atoms with van der Waals surface area (Å²) in [6, 6.07) is 18.3. The molecule has 0 bridgehead atoms. The lowest BCUT2D eigenvalue weighted by Crippen LogP contribution is -2.48. The van der Waals surface area contributed by atoms with E-state index in [9.17, 15) is 14.4 Å². The molecule has 5 N–H and O–H groups in total. The molecular formula is C35H42N8O3. The summed E-state index contributed by atoms with van der Waals surface area (Å²) in [5.74, 6) is 0.317. The number of hydrogen-bond acceptors (Lipinski definition) is 7. The molecule has 3 amide bonds. The summed E-state index contributed by atoms with van der Waals surface area (Å²) < 4.78 is 0. The maximum atomic E-state index is 13.7. The smallest absolute Gasteiger partial charge is 0.253 e. The predicted molar refractivity (Wildman–Crippen MR) is 178 cm³/mol. The zero-order valence-corrected chi connectivity index (χ0v) is 26.8. The number of H-pyrrole nitrogens is 1. The predicted octanol–water partition coefficient (Wildman–Crippen LogP) is 4.28.